The molecule has 24 heavy (non-hydrogen) atoms. The van der Waals surface area contributed by atoms with E-state index in [0.29, 0.717) is 29.5 Å². The molecular weight excluding hydrogens is 308 g/mol. The molecule has 132 valence electrons. The zero-order chi connectivity index (χ0) is 17.7. The van der Waals surface area contributed by atoms with E-state index in [1.807, 2.05) is 13.8 Å². The number of nitrogens with one attached hydrogen (secondary N) is 2. The molecule has 1 unspecified atom stereocenters. The minimum Gasteiger partial charge on any atom is -0.497 e. The van der Waals surface area contributed by atoms with E-state index in [-0.39, 0.29) is 17.7 Å². The molecule has 2 N–H and O–H groups in total. The van der Waals surface area contributed by atoms with E-state index >= 15 is 0 Å². The minimum atomic E-state index is -0.576. The summed E-state index contributed by atoms with van der Waals surface area (Å²) >= 11 is 0. The zero-order valence-electron chi connectivity index (χ0n) is 14.7. The lowest BCUT2D eigenvalue weighted by atomic mass is 10.0. The summed E-state index contributed by atoms with van der Waals surface area (Å²) in [5, 5.41) is 5.74. The molecule has 6 nitrogen and oxygen atoms in total. The Hall–Kier alpha value is -2.24. The molecule has 0 bridgehead atoms. The zero-order valence-corrected chi connectivity index (χ0v) is 14.7. The summed E-state index contributed by atoms with van der Waals surface area (Å²) in [7, 11) is 3.05. The molecule has 2 amide bonds. The number of carbonyl (C=O) groups excluding carboxylic acids is 2. The van der Waals surface area contributed by atoms with Gasteiger partial charge < -0.3 is 20.1 Å². The first-order valence-corrected chi connectivity index (χ1v) is 8.26. The standard InChI is InChI=1S/C18H26N2O4/c1-11(2)16(18(22)19-10-12-5-6-12)20-17(21)13-7-14(23-3)9-15(8-13)24-4/h7-9,11-12,16H,5-6,10H2,1-4H3,(H,19,22)(H,20,21). The van der Waals surface area contributed by atoms with Gasteiger partial charge in [0, 0.05) is 18.2 Å². The third-order valence-electron chi connectivity index (χ3n) is 4.11. The highest BCUT2D eigenvalue weighted by molar-refractivity contribution is 5.98. The van der Waals surface area contributed by atoms with Crippen LogP contribution in [-0.2, 0) is 4.79 Å². The molecule has 6 heteroatoms. The van der Waals surface area contributed by atoms with Crippen molar-refractivity contribution in [2.24, 2.45) is 11.8 Å². The minimum absolute atomic E-state index is 0.0133. The van der Waals surface area contributed by atoms with Crippen LogP contribution in [0.2, 0.25) is 0 Å². The van der Waals surface area contributed by atoms with Crippen LogP contribution in [-0.4, -0.2) is 38.6 Å². The Balaban J connectivity index is 2.07. The smallest absolute Gasteiger partial charge is 0.252 e. The molecule has 0 spiro atoms. The van der Waals surface area contributed by atoms with Crippen molar-refractivity contribution in [3.05, 3.63) is 23.8 Å². The molecule has 1 fully saturated rings. The first-order valence-electron chi connectivity index (χ1n) is 8.26. The predicted molar refractivity (Wildman–Crippen MR) is 91.4 cm³/mol. The Morgan fingerprint density at radius 3 is 2.17 bits per heavy atom. The van der Waals surface area contributed by atoms with Crippen LogP contribution in [0.5, 0.6) is 11.5 Å². The summed E-state index contributed by atoms with van der Waals surface area (Å²) in [6.07, 6.45) is 2.34. The second-order valence-electron chi connectivity index (χ2n) is 6.49. The number of methoxy groups -OCH3 is 2. The van der Waals surface area contributed by atoms with E-state index in [2.05, 4.69) is 10.6 Å². The summed E-state index contributed by atoms with van der Waals surface area (Å²) in [5.41, 5.74) is 0.395. The lowest BCUT2D eigenvalue weighted by molar-refractivity contribution is -0.124. The average Bonchev–Trinajstić information content (AvgIpc) is 3.40. The van der Waals surface area contributed by atoms with Gasteiger partial charge in [0.2, 0.25) is 5.91 Å². The number of carbonyl (C=O) groups is 2. The quantitative estimate of drug-likeness (QED) is 0.762. The van der Waals surface area contributed by atoms with Gasteiger partial charge in [-0.2, -0.15) is 0 Å². The molecule has 0 saturated heterocycles. The van der Waals surface area contributed by atoms with Crippen LogP contribution in [0.25, 0.3) is 0 Å². The molecular formula is C18H26N2O4. The van der Waals surface area contributed by atoms with Gasteiger partial charge in [-0.3, -0.25) is 9.59 Å². The molecule has 1 saturated carbocycles. The van der Waals surface area contributed by atoms with Crippen LogP contribution in [0.3, 0.4) is 0 Å². The number of rotatable bonds is 8. The highest BCUT2D eigenvalue weighted by Crippen LogP contribution is 2.27. The SMILES string of the molecule is COc1cc(OC)cc(C(=O)NC(C(=O)NCC2CC2)C(C)C)c1. The summed E-state index contributed by atoms with van der Waals surface area (Å²) in [6.45, 7) is 4.51. The lowest BCUT2D eigenvalue weighted by Crippen LogP contribution is -2.50. The highest BCUT2D eigenvalue weighted by atomic mass is 16.5. The molecule has 1 aromatic rings. The third kappa shape index (κ3) is 4.88. The Kier molecular flexibility index (Phi) is 6.06. The summed E-state index contributed by atoms with van der Waals surface area (Å²) in [5.74, 6) is 1.17. The fourth-order valence-electron chi connectivity index (χ4n) is 2.37. The van der Waals surface area contributed by atoms with Crippen LogP contribution in [0.4, 0.5) is 0 Å². The summed E-state index contributed by atoms with van der Waals surface area (Å²) < 4.78 is 10.4. The van der Waals surface area contributed by atoms with Crippen LogP contribution >= 0.6 is 0 Å². The van der Waals surface area contributed by atoms with Crippen LogP contribution < -0.4 is 20.1 Å². The van der Waals surface area contributed by atoms with Crippen molar-refractivity contribution in [3.63, 3.8) is 0 Å². The number of amides is 2. The number of hydrogen-bond acceptors (Lipinski definition) is 4. The summed E-state index contributed by atoms with van der Waals surface area (Å²) in [4.78, 5) is 24.9. The van der Waals surface area contributed by atoms with Gasteiger partial charge in [0.1, 0.15) is 17.5 Å². The van der Waals surface area contributed by atoms with E-state index in [0.717, 1.165) is 0 Å². The third-order valence-corrected chi connectivity index (χ3v) is 4.11. The maximum atomic E-state index is 12.5. The molecule has 1 atom stereocenters. The van der Waals surface area contributed by atoms with Gasteiger partial charge >= 0.3 is 0 Å². The largest absolute Gasteiger partial charge is 0.497 e. The molecule has 1 aliphatic rings. The maximum Gasteiger partial charge on any atom is 0.252 e. The second kappa shape index (κ2) is 8.04. The molecule has 0 aliphatic heterocycles. The first-order chi connectivity index (χ1) is 11.4. The topological polar surface area (TPSA) is 76.7 Å². The van der Waals surface area contributed by atoms with E-state index in [1.165, 1.54) is 27.1 Å². The van der Waals surface area contributed by atoms with Crippen LogP contribution in [0.15, 0.2) is 18.2 Å². The van der Waals surface area contributed by atoms with E-state index in [1.54, 1.807) is 18.2 Å². The van der Waals surface area contributed by atoms with Crippen molar-refractivity contribution in [1.82, 2.24) is 10.6 Å². The normalized spacial score (nSPS) is 14.9. The average molecular weight is 334 g/mol. The fourth-order valence-corrected chi connectivity index (χ4v) is 2.37. The van der Waals surface area contributed by atoms with Crippen molar-refractivity contribution in [3.8, 4) is 11.5 Å². The molecule has 0 heterocycles. The number of ether oxygens (including phenoxy) is 2. The Labute approximate surface area is 142 Å². The molecule has 1 aromatic carbocycles. The van der Waals surface area contributed by atoms with Gasteiger partial charge in [-0.15, -0.1) is 0 Å². The van der Waals surface area contributed by atoms with Crippen molar-refractivity contribution < 1.29 is 19.1 Å². The monoisotopic (exact) mass is 334 g/mol. The van der Waals surface area contributed by atoms with Crippen LogP contribution in [0.1, 0.15) is 37.0 Å². The van der Waals surface area contributed by atoms with Gasteiger partial charge in [-0.1, -0.05) is 13.8 Å². The maximum absolute atomic E-state index is 12.5. The van der Waals surface area contributed by atoms with Crippen molar-refractivity contribution in [1.29, 1.82) is 0 Å². The van der Waals surface area contributed by atoms with Gasteiger partial charge in [0.25, 0.3) is 5.91 Å². The van der Waals surface area contributed by atoms with E-state index in [9.17, 15) is 9.59 Å². The van der Waals surface area contributed by atoms with Gasteiger partial charge in [-0.25, -0.2) is 0 Å². The number of benzene rings is 1. The van der Waals surface area contributed by atoms with Crippen LogP contribution in [0, 0.1) is 11.8 Å². The first kappa shape index (κ1) is 18.1. The van der Waals surface area contributed by atoms with Gasteiger partial charge in [0.15, 0.2) is 0 Å². The molecule has 1 aliphatic carbocycles. The number of hydrogen-bond donors (Lipinski definition) is 2. The van der Waals surface area contributed by atoms with Crippen molar-refractivity contribution in [2.75, 3.05) is 20.8 Å². The van der Waals surface area contributed by atoms with Gasteiger partial charge in [0.05, 0.1) is 14.2 Å². The second-order valence-corrected chi connectivity index (χ2v) is 6.49. The Bertz CT molecular complexity index is 574. The Morgan fingerprint density at radius 2 is 1.71 bits per heavy atom. The van der Waals surface area contributed by atoms with Crippen molar-refractivity contribution >= 4 is 11.8 Å². The predicted octanol–water partition coefficient (Wildman–Crippen LogP) is 1.98. The highest BCUT2D eigenvalue weighted by Gasteiger charge is 2.27. The van der Waals surface area contributed by atoms with Crippen molar-refractivity contribution in [2.45, 2.75) is 32.7 Å². The molecule has 2 rings (SSSR count). The molecule has 0 radical (unpaired) electrons. The lowest BCUT2D eigenvalue weighted by Gasteiger charge is -2.22. The Morgan fingerprint density at radius 1 is 1.12 bits per heavy atom. The molecule has 0 aromatic heterocycles. The van der Waals surface area contributed by atoms with Gasteiger partial charge in [-0.05, 0) is 36.8 Å². The van der Waals surface area contributed by atoms with E-state index in [4.69, 9.17) is 9.47 Å². The fraction of sp³-hybridized carbons (Fsp3) is 0.556. The summed E-state index contributed by atoms with van der Waals surface area (Å²) in [6, 6.07) is 4.36. The van der Waals surface area contributed by atoms with E-state index < -0.39 is 6.04 Å².